The summed E-state index contributed by atoms with van der Waals surface area (Å²) in [5.41, 5.74) is 1.13. The number of amides is 2. The van der Waals surface area contributed by atoms with Gasteiger partial charge in [0.15, 0.2) is 5.82 Å². The molecule has 0 fully saturated rings. The second kappa shape index (κ2) is 6.74. The molecule has 3 aromatic rings. The van der Waals surface area contributed by atoms with Gasteiger partial charge in [-0.25, -0.2) is 9.67 Å². The van der Waals surface area contributed by atoms with E-state index in [-0.39, 0.29) is 11.8 Å². The van der Waals surface area contributed by atoms with Crippen LogP contribution in [-0.4, -0.2) is 33.6 Å². The minimum Gasteiger partial charge on any atom is -0.355 e. The maximum Gasteiger partial charge on any atom is 0.274 e. The summed E-state index contributed by atoms with van der Waals surface area (Å²) < 4.78 is 1.44. The molecule has 7 nitrogen and oxygen atoms in total. The largest absolute Gasteiger partial charge is 0.355 e. The highest BCUT2D eigenvalue weighted by Gasteiger charge is 2.17. The second-order valence-electron chi connectivity index (χ2n) is 4.90. The third kappa shape index (κ3) is 3.00. The first-order valence-electron chi connectivity index (χ1n) is 7.28. The van der Waals surface area contributed by atoms with E-state index in [1.165, 1.54) is 17.9 Å². The number of hydrogen-bond acceptors (Lipinski definition) is 4. The van der Waals surface area contributed by atoms with E-state index in [4.69, 9.17) is 0 Å². The topological polar surface area (TPSA) is 88.9 Å². The van der Waals surface area contributed by atoms with Crippen LogP contribution in [0.4, 0.5) is 5.69 Å². The molecule has 2 aromatic heterocycles. The van der Waals surface area contributed by atoms with Crippen LogP contribution in [0, 0.1) is 0 Å². The van der Waals surface area contributed by atoms with Crippen LogP contribution in [0.3, 0.4) is 0 Å². The smallest absolute Gasteiger partial charge is 0.274 e. The molecule has 0 unspecified atom stereocenters. The molecule has 120 valence electrons. The van der Waals surface area contributed by atoms with Crippen molar-refractivity contribution in [1.29, 1.82) is 0 Å². The van der Waals surface area contributed by atoms with Crippen molar-refractivity contribution in [2.45, 2.75) is 0 Å². The molecule has 0 radical (unpaired) electrons. The zero-order valence-electron chi connectivity index (χ0n) is 12.9. The van der Waals surface area contributed by atoms with Gasteiger partial charge in [-0.15, -0.1) is 0 Å². The van der Waals surface area contributed by atoms with E-state index in [1.807, 2.05) is 6.07 Å². The van der Waals surface area contributed by atoms with Gasteiger partial charge in [0.1, 0.15) is 5.69 Å². The second-order valence-corrected chi connectivity index (χ2v) is 4.90. The SMILES string of the molecule is CNC(=O)c1ccccc1NC(=O)c1ccnn1-c1ccccn1. The lowest BCUT2D eigenvalue weighted by atomic mass is 10.1. The summed E-state index contributed by atoms with van der Waals surface area (Å²) in [6, 6.07) is 13.7. The number of rotatable bonds is 4. The number of nitrogens with one attached hydrogen (secondary N) is 2. The molecule has 0 aliphatic carbocycles. The van der Waals surface area contributed by atoms with Crippen LogP contribution in [0.1, 0.15) is 20.8 Å². The average Bonchev–Trinajstić information content (AvgIpc) is 3.12. The third-order valence-electron chi connectivity index (χ3n) is 3.39. The number of anilines is 1. The monoisotopic (exact) mass is 321 g/mol. The number of hydrogen-bond donors (Lipinski definition) is 2. The molecular weight excluding hydrogens is 306 g/mol. The van der Waals surface area contributed by atoms with E-state index in [0.29, 0.717) is 22.8 Å². The number of nitrogens with zero attached hydrogens (tertiary/aromatic N) is 3. The van der Waals surface area contributed by atoms with Crippen molar-refractivity contribution in [3.05, 3.63) is 72.2 Å². The van der Waals surface area contributed by atoms with Crippen molar-refractivity contribution in [2.75, 3.05) is 12.4 Å². The third-order valence-corrected chi connectivity index (χ3v) is 3.39. The van der Waals surface area contributed by atoms with E-state index in [9.17, 15) is 9.59 Å². The van der Waals surface area contributed by atoms with Crippen molar-refractivity contribution in [2.24, 2.45) is 0 Å². The highest BCUT2D eigenvalue weighted by molar-refractivity contribution is 6.08. The van der Waals surface area contributed by atoms with Crippen LogP contribution in [0.2, 0.25) is 0 Å². The van der Waals surface area contributed by atoms with E-state index >= 15 is 0 Å². The number of pyridine rings is 1. The van der Waals surface area contributed by atoms with Gasteiger partial charge >= 0.3 is 0 Å². The van der Waals surface area contributed by atoms with Gasteiger partial charge in [-0.1, -0.05) is 18.2 Å². The van der Waals surface area contributed by atoms with Crippen molar-refractivity contribution in [1.82, 2.24) is 20.1 Å². The Kier molecular flexibility index (Phi) is 4.33. The molecule has 2 N–H and O–H groups in total. The van der Waals surface area contributed by atoms with Crippen molar-refractivity contribution in [3.63, 3.8) is 0 Å². The lowest BCUT2D eigenvalue weighted by molar-refractivity contribution is 0.0964. The fourth-order valence-electron chi connectivity index (χ4n) is 2.25. The summed E-state index contributed by atoms with van der Waals surface area (Å²) in [5.74, 6) is -0.120. The van der Waals surface area contributed by atoms with Crippen molar-refractivity contribution >= 4 is 17.5 Å². The predicted octanol–water partition coefficient (Wildman–Crippen LogP) is 1.88. The molecule has 0 aliphatic rings. The average molecular weight is 321 g/mol. The van der Waals surface area contributed by atoms with E-state index in [2.05, 4.69) is 20.7 Å². The Labute approximate surface area is 138 Å². The highest BCUT2D eigenvalue weighted by Crippen LogP contribution is 2.17. The van der Waals surface area contributed by atoms with Gasteiger partial charge < -0.3 is 10.6 Å². The molecule has 0 saturated carbocycles. The van der Waals surface area contributed by atoms with Crippen LogP contribution in [0.15, 0.2) is 60.9 Å². The molecule has 0 atom stereocenters. The first kappa shape index (κ1) is 15.4. The number of carbonyl (C=O) groups is 2. The summed E-state index contributed by atoms with van der Waals surface area (Å²) in [7, 11) is 1.54. The fraction of sp³-hybridized carbons (Fsp3) is 0.0588. The molecule has 0 saturated heterocycles. The van der Waals surface area contributed by atoms with Gasteiger partial charge in [0.25, 0.3) is 11.8 Å². The van der Waals surface area contributed by atoms with Crippen molar-refractivity contribution in [3.8, 4) is 5.82 Å². The van der Waals surface area contributed by atoms with Gasteiger partial charge in [0, 0.05) is 13.2 Å². The van der Waals surface area contributed by atoms with Crippen LogP contribution < -0.4 is 10.6 Å². The first-order valence-corrected chi connectivity index (χ1v) is 7.28. The first-order chi connectivity index (χ1) is 11.7. The zero-order chi connectivity index (χ0) is 16.9. The molecule has 0 bridgehead atoms. The number of benzene rings is 1. The van der Waals surface area contributed by atoms with E-state index < -0.39 is 0 Å². The van der Waals surface area contributed by atoms with Crippen LogP contribution in [-0.2, 0) is 0 Å². The van der Waals surface area contributed by atoms with Crippen LogP contribution in [0.5, 0.6) is 0 Å². The minimum atomic E-state index is -0.380. The number of aromatic nitrogens is 3. The molecule has 0 spiro atoms. The Morgan fingerprint density at radius 2 is 1.75 bits per heavy atom. The Balaban J connectivity index is 1.90. The van der Waals surface area contributed by atoms with E-state index in [1.54, 1.807) is 48.7 Å². The molecule has 1 aromatic carbocycles. The number of carbonyl (C=O) groups excluding carboxylic acids is 2. The minimum absolute atomic E-state index is 0.274. The lowest BCUT2D eigenvalue weighted by Crippen LogP contribution is -2.22. The quantitative estimate of drug-likeness (QED) is 0.768. The standard InChI is InChI=1S/C17H15N5O2/c1-18-16(23)12-6-2-3-7-13(12)21-17(24)14-9-11-20-22(14)15-8-4-5-10-19-15/h2-11H,1H3,(H,18,23)(H,21,24). The molecule has 2 amide bonds. The Morgan fingerprint density at radius 1 is 0.958 bits per heavy atom. The Morgan fingerprint density at radius 3 is 2.50 bits per heavy atom. The maximum absolute atomic E-state index is 12.6. The molecule has 7 heteroatoms. The molecular formula is C17H15N5O2. The van der Waals surface area contributed by atoms with Crippen LogP contribution in [0.25, 0.3) is 5.82 Å². The lowest BCUT2D eigenvalue weighted by Gasteiger charge is -2.11. The Hall–Kier alpha value is -3.48. The zero-order valence-corrected chi connectivity index (χ0v) is 12.9. The van der Waals surface area contributed by atoms with Gasteiger partial charge in [0.2, 0.25) is 0 Å². The van der Waals surface area contributed by atoms with E-state index in [0.717, 1.165) is 0 Å². The van der Waals surface area contributed by atoms with Gasteiger partial charge in [-0.2, -0.15) is 5.10 Å². The van der Waals surface area contributed by atoms with Gasteiger partial charge in [-0.05, 0) is 30.3 Å². The van der Waals surface area contributed by atoms with Crippen LogP contribution >= 0.6 is 0 Å². The summed E-state index contributed by atoms with van der Waals surface area (Å²) in [5, 5.41) is 9.44. The summed E-state index contributed by atoms with van der Waals surface area (Å²) >= 11 is 0. The fourth-order valence-corrected chi connectivity index (χ4v) is 2.25. The van der Waals surface area contributed by atoms with Crippen molar-refractivity contribution < 1.29 is 9.59 Å². The Bertz CT molecular complexity index is 873. The molecule has 3 rings (SSSR count). The number of para-hydroxylation sites is 1. The van der Waals surface area contributed by atoms with Gasteiger partial charge in [-0.3, -0.25) is 9.59 Å². The summed E-state index contributed by atoms with van der Waals surface area (Å²) in [6.07, 6.45) is 3.15. The predicted molar refractivity (Wildman–Crippen MR) is 89.1 cm³/mol. The van der Waals surface area contributed by atoms with Gasteiger partial charge in [0.05, 0.1) is 17.4 Å². The molecule has 0 aliphatic heterocycles. The maximum atomic E-state index is 12.6. The summed E-state index contributed by atoms with van der Waals surface area (Å²) in [4.78, 5) is 28.7. The normalized spacial score (nSPS) is 10.2. The summed E-state index contributed by atoms with van der Waals surface area (Å²) in [6.45, 7) is 0. The highest BCUT2D eigenvalue weighted by atomic mass is 16.2. The molecule has 24 heavy (non-hydrogen) atoms. The molecule has 2 heterocycles.